The largest absolute Gasteiger partial charge is 0.392 e. The summed E-state index contributed by atoms with van der Waals surface area (Å²) in [6, 6.07) is 0. The van der Waals surface area contributed by atoms with Crippen LogP contribution in [0.25, 0.3) is 0 Å². The lowest BCUT2D eigenvalue weighted by molar-refractivity contribution is -0.524. The van der Waals surface area contributed by atoms with Crippen LogP contribution in [0.4, 0.5) is 0 Å². The Hall–Kier alpha value is -0.540. The molecule has 4 aliphatic carbocycles. The minimum absolute atomic E-state index is 0.366. The van der Waals surface area contributed by atoms with Crippen LogP contribution in [0.3, 0.4) is 0 Å². The summed E-state index contributed by atoms with van der Waals surface area (Å²) < 4.78 is 11.7. The van der Waals surface area contributed by atoms with Gasteiger partial charge in [0, 0.05) is 18.9 Å². The Labute approximate surface area is 165 Å². The van der Waals surface area contributed by atoms with Gasteiger partial charge in [-0.2, -0.15) is 0 Å². The average molecular weight is 396 g/mol. The van der Waals surface area contributed by atoms with Crippen molar-refractivity contribution in [1.29, 1.82) is 0 Å². The fraction of sp³-hybridized carbons (Fsp3) is 0.905. The average Bonchev–Trinajstić information content (AvgIpc) is 2.75. The van der Waals surface area contributed by atoms with E-state index in [0.717, 1.165) is 0 Å². The maximum absolute atomic E-state index is 11.9. The van der Waals surface area contributed by atoms with Crippen LogP contribution in [-0.2, 0) is 9.47 Å². The molecule has 2 saturated heterocycles. The molecule has 2 spiro atoms. The molecule has 28 heavy (non-hydrogen) atoms. The molecule has 4 saturated carbocycles. The number of fused-ring (bicyclic) bond motifs is 2. The highest BCUT2D eigenvalue weighted by molar-refractivity contribution is 5.38. The van der Waals surface area contributed by atoms with Crippen molar-refractivity contribution < 1.29 is 35.0 Å². The van der Waals surface area contributed by atoms with E-state index in [1.807, 2.05) is 13.8 Å². The molecule has 0 amide bonds. The molecule has 6 aliphatic rings. The minimum atomic E-state index is -2.20. The highest BCUT2D eigenvalue weighted by atomic mass is 16.8. The predicted molar refractivity (Wildman–Crippen MR) is 97.6 cm³/mol. The first-order valence-corrected chi connectivity index (χ1v) is 10.4. The van der Waals surface area contributed by atoms with Crippen molar-refractivity contribution in [2.24, 2.45) is 34.0 Å². The Bertz CT molecular complexity index is 724. The number of aliphatic hydroxyl groups excluding tert-OH is 4. The Balaban J connectivity index is 1.83. The van der Waals surface area contributed by atoms with E-state index in [4.69, 9.17) is 9.47 Å². The van der Waals surface area contributed by atoms with Crippen LogP contribution in [0, 0.1) is 34.0 Å². The van der Waals surface area contributed by atoms with Crippen LogP contribution in [0.5, 0.6) is 0 Å². The Morgan fingerprint density at radius 3 is 2.39 bits per heavy atom. The van der Waals surface area contributed by atoms with Crippen LogP contribution < -0.4 is 0 Å². The molecule has 6 fully saturated rings. The van der Waals surface area contributed by atoms with Crippen molar-refractivity contribution in [3.63, 3.8) is 0 Å². The maximum Gasteiger partial charge on any atom is 0.206 e. The van der Waals surface area contributed by atoms with Gasteiger partial charge >= 0.3 is 0 Å². The normalized spacial score (nSPS) is 61.8. The minimum Gasteiger partial charge on any atom is -0.392 e. The fourth-order valence-electron chi connectivity index (χ4n) is 8.44. The van der Waals surface area contributed by atoms with Gasteiger partial charge in [-0.15, -0.1) is 0 Å². The van der Waals surface area contributed by atoms with E-state index < -0.39 is 64.6 Å². The smallest absolute Gasteiger partial charge is 0.206 e. The predicted octanol–water partition coefficient (Wildman–Crippen LogP) is 0.140. The maximum atomic E-state index is 11.9. The first-order valence-electron chi connectivity index (χ1n) is 10.4. The van der Waals surface area contributed by atoms with Crippen LogP contribution in [-0.4, -0.2) is 69.1 Å². The monoisotopic (exact) mass is 396 g/mol. The summed E-state index contributed by atoms with van der Waals surface area (Å²) in [5, 5.41) is 57.3. The summed E-state index contributed by atoms with van der Waals surface area (Å²) in [5.41, 5.74) is -2.50. The van der Waals surface area contributed by atoms with Crippen LogP contribution in [0.15, 0.2) is 12.2 Å². The van der Waals surface area contributed by atoms with Crippen molar-refractivity contribution in [2.45, 2.75) is 76.0 Å². The summed E-state index contributed by atoms with van der Waals surface area (Å²) >= 11 is 0. The van der Waals surface area contributed by atoms with Gasteiger partial charge in [0.25, 0.3) is 0 Å². The lowest BCUT2D eigenvalue weighted by atomic mass is 9.35. The fourth-order valence-corrected chi connectivity index (χ4v) is 8.44. The lowest BCUT2D eigenvalue weighted by Crippen LogP contribution is -2.88. The lowest BCUT2D eigenvalue weighted by Gasteiger charge is -2.77. The van der Waals surface area contributed by atoms with Crippen molar-refractivity contribution in [3.05, 3.63) is 12.2 Å². The summed E-state index contributed by atoms with van der Waals surface area (Å²) in [7, 11) is 1.47. The highest BCUT2D eigenvalue weighted by Gasteiger charge is 2.88. The first-order chi connectivity index (χ1) is 13.0. The van der Waals surface area contributed by atoms with Crippen molar-refractivity contribution >= 4 is 0 Å². The molecule has 5 N–H and O–H groups in total. The summed E-state index contributed by atoms with van der Waals surface area (Å²) in [6.07, 6.45) is -3.14. The topological polar surface area (TPSA) is 120 Å². The Kier molecular flexibility index (Phi) is 3.73. The van der Waals surface area contributed by atoms with Gasteiger partial charge in [0.2, 0.25) is 5.79 Å². The van der Waals surface area contributed by atoms with Crippen LogP contribution >= 0.6 is 0 Å². The summed E-state index contributed by atoms with van der Waals surface area (Å²) in [5.74, 6) is -3.55. The zero-order valence-corrected chi connectivity index (χ0v) is 16.7. The number of hydrogen-bond donors (Lipinski definition) is 5. The van der Waals surface area contributed by atoms with Crippen molar-refractivity contribution in [2.75, 3.05) is 7.11 Å². The van der Waals surface area contributed by atoms with Gasteiger partial charge in [-0.3, -0.25) is 0 Å². The van der Waals surface area contributed by atoms with E-state index in [1.54, 1.807) is 0 Å². The molecule has 4 bridgehead atoms. The second kappa shape index (κ2) is 5.38. The van der Waals surface area contributed by atoms with Crippen LogP contribution in [0.2, 0.25) is 0 Å². The van der Waals surface area contributed by atoms with Gasteiger partial charge in [-0.1, -0.05) is 20.4 Å². The van der Waals surface area contributed by atoms with Gasteiger partial charge in [-0.25, -0.2) is 0 Å². The van der Waals surface area contributed by atoms with Gasteiger partial charge in [0.05, 0.1) is 29.1 Å². The zero-order chi connectivity index (χ0) is 20.4. The van der Waals surface area contributed by atoms with E-state index in [9.17, 15) is 25.5 Å². The SMILES string of the molecule is C=C1C2CCC3C45C(O)CCC(C)(C)C4C(O)C(O)(OC5OC)C3(C1O)C2O. The summed E-state index contributed by atoms with van der Waals surface area (Å²) in [6.45, 7) is 8.05. The van der Waals surface area contributed by atoms with Crippen molar-refractivity contribution in [3.8, 4) is 0 Å². The van der Waals surface area contributed by atoms with Gasteiger partial charge in [0.15, 0.2) is 6.29 Å². The molecular formula is C21H32O7. The van der Waals surface area contributed by atoms with E-state index in [1.165, 1.54) is 7.11 Å². The second-order valence-electron chi connectivity index (χ2n) is 10.4. The molecule has 0 aromatic rings. The number of rotatable bonds is 1. The summed E-state index contributed by atoms with van der Waals surface area (Å²) in [4.78, 5) is 0. The molecule has 158 valence electrons. The molecule has 6 rings (SSSR count). The third kappa shape index (κ3) is 1.64. The molecule has 7 heteroatoms. The van der Waals surface area contributed by atoms with E-state index in [2.05, 4.69) is 6.58 Å². The molecule has 7 nitrogen and oxygen atoms in total. The molecular weight excluding hydrogens is 364 g/mol. The van der Waals surface area contributed by atoms with E-state index >= 15 is 0 Å². The zero-order valence-electron chi connectivity index (χ0n) is 16.7. The molecule has 2 aliphatic heterocycles. The number of hydrogen-bond acceptors (Lipinski definition) is 7. The third-order valence-corrected chi connectivity index (χ3v) is 9.36. The molecule has 2 heterocycles. The Morgan fingerprint density at radius 2 is 1.75 bits per heavy atom. The van der Waals surface area contributed by atoms with Gasteiger partial charge < -0.3 is 35.0 Å². The molecule has 11 atom stereocenters. The third-order valence-electron chi connectivity index (χ3n) is 9.36. The molecule has 0 aromatic heterocycles. The number of methoxy groups -OCH3 is 1. The number of ether oxygens (including phenoxy) is 2. The quantitative estimate of drug-likeness (QED) is 0.400. The number of aliphatic hydroxyl groups is 5. The highest BCUT2D eigenvalue weighted by Crippen LogP contribution is 2.78. The standard InChI is InChI=1S/C21H32O7/c1-9-10-5-6-11-19-12(22)7-8-18(2,3)13(19)16(25)21(26,28-17(19)27-4)20(11,14(9)23)15(10)24/h10-17,22-26H,1,5-8H2,2-4H3. The van der Waals surface area contributed by atoms with Gasteiger partial charge in [0.1, 0.15) is 6.10 Å². The second-order valence-corrected chi connectivity index (χ2v) is 10.4. The van der Waals surface area contributed by atoms with Gasteiger partial charge in [-0.05, 0) is 42.6 Å². The Morgan fingerprint density at radius 1 is 1.07 bits per heavy atom. The van der Waals surface area contributed by atoms with E-state index in [0.29, 0.717) is 31.3 Å². The molecule has 0 radical (unpaired) electrons. The first kappa shape index (κ1) is 19.4. The molecule has 0 aromatic carbocycles. The molecule has 11 unspecified atom stereocenters. The van der Waals surface area contributed by atoms with Crippen LogP contribution in [0.1, 0.15) is 39.5 Å². The van der Waals surface area contributed by atoms with E-state index in [-0.39, 0.29) is 5.92 Å². The van der Waals surface area contributed by atoms with Crippen molar-refractivity contribution in [1.82, 2.24) is 0 Å².